The number of benzene rings is 2. The van der Waals surface area contributed by atoms with Gasteiger partial charge in [-0.15, -0.1) is 0 Å². The molecule has 0 aliphatic rings. The topological polar surface area (TPSA) is 29.5 Å². The summed E-state index contributed by atoms with van der Waals surface area (Å²) in [7, 11) is -2.56. The molecule has 0 aliphatic heterocycles. The van der Waals surface area contributed by atoms with E-state index in [4.69, 9.17) is 4.43 Å². The third-order valence-corrected chi connectivity index (χ3v) is 17.4. The molecule has 344 valence electrons. The van der Waals surface area contributed by atoms with Crippen LogP contribution < -0.4 is 22.8 Å². The van der Waals surface area contributed by atoms with Gasteiger partial charge in [0, 0.05) is 0 Å². The molecule has 2 aromatic carbocycles. The molecule has 0 saturated heterocycles. The van der Waals surface area contributed by atoms with Gasteiger partial charge in [-0.3, -0.25) is 0 Å². The van der Waals surface area contributed by atoms with Crippen molar-refractivity contribution in [1.29, 1.82) is 0 Å². The first-order valence-corrected chi connectivity index (χ1v) is 27.5. The van der Waals surface area contributed by atoms with Crippen molar-refractivity contribution in [2.75, 3.05) is 6.61 Å². The molecule has 0 saturated carbocycles. The van der Waals surface area contributed by atoms with Crippen molar-refractivity contribution in [2.24, 2.45) is 0 Å². The average molecular weight is 880 g/mol. The number of aliphatic hydroxyl groups is 1. The SMILES string of the molecule is CCCCCCCCCCCCCCCCCCC[C@@H](O)CO[Si](c1ccccc1)(c1ccccc1)C(C)(C)C.[CH2-]CCCCCCCCCCCCCCCCC.[Cl-].[Mg+2]. The first-order chi connectivity index (χ1) is 28.3. The van der Waals surface area contributed by atoms with E-state index >= 15 is 0 Å². The number of unbranched alkanes of at least 4 members (excludes halogenated alkanes) is 31. The maximum Gasteiger partial charge on any atom is 2.00 e. The molecule has 0 aliphatic carbocycles. The monoisotopic (exact) mass is 879 g/mol. The summed E-state index contributed by atoms with van der Waals surface area (Å²) in [6, 6.07) is 21.5. The Morgan fingerprint density at radius 1 is 0.467 bits per heavy atom. The van der Waals surface area contributed by atoms with Crippen LogP contribution in [0.5, 0.6) is 0 Å². The molecule has 0 bridgehead atoms. The molecular formula is C55H99ClMgO2Si. The molecule has 0 heterocycles. The van der Waals surface area contributed by atoms with Crippen molar-refractivity contribution in [1.82, 2.24) is 0 Å². The Kier molecular flexibility index (Phi) is 45.1. The molecule has 60 heavy (non-hydrogen) atoms. The van der Waals surface area contributed by atoms with E-state index in [9.17, 15) is 5.11 Å². The van der Waals surface area contributed by atoms with Crippen LogP contribution in [0.4, 0.5) is 0 Å². The predicted molar refractivity (Wildman–Crippen MR) is 269 cm³/mol. The van der Waals surface area contributed by atoms with Gasteiger partial charge in [0.25, 0.3) is 8.32 Å². The largest absolute Gasteiger partial charge is 2.00 e. The van der Waals surface area contributed by atoms with Gasteiger partial charge in [-0.1, -0.05) is 301 Å². The van der Waals surface area contributed by atoms with Crippen LogP contribution in [0.3, 0.4) is 0 Å². The number of aliphatic hydroxyl groups excluding tert-OH is 1. The van der Waals surface area contributed by atoms with Gasteiger partial charge in [-0.05, 0) is 21.8 Å². The molecule has 0 fully saturated rings. The fraction of sp³-hybridized carbons (Fsp3) is 0.764. The molecule has 2 aromatic rings. The minimum absolute atomic E-state index is 0. The van der Waals surface area contributed by atoms with Crippen LogP contribution in [0, 0.1) is 6.92 Å². The van der Waals surface area contributed by atoms with Crippen molar-refractivity contribution >= 4 is 41.7 Å². The van der Waals surface area contributed by atoms with Crippen LogP contribution in [0.25, 0.3) is 0 Å². The van der Waals surface area contributed by atoms with E-state index in [1.54, 1.807) is 0 Å². The van der Waals surface area contributed by atoms with Gasteiger partial charge < -0.3 is 28.9 Å². The molecule has 0 unspecified atom stereocenters. The van der Waals surface area contributed by atoms with Gasteiger partial charge >= 0.3 is 23.1 Å². The molecule has 0 amide bonds. The van der Waals surface area contributed by atoms with E-state index in [0.717, 1.165) is 19.3 Å². The minimum atomic E-state index is -2.56. The number of hydrogen-bond donors (Lipinski definition) is 1. The smallest absolute Gasteiger partial charge is 1.00 e. The van der Waals surface area contributed by atoms with Crippen LogP contribution in [-0.2, 0) is 4.43 Å². The number of hydrogen-bond acceptors (Lipinski definition) is 2. The third-order valence-electron chi connectivity index (χ3n) is 12.4. The summed E-state index contributed by atoms with van der Waals surface area (Å²) in [4.78, 5) is 0. The molecule has 5 heteroatoms. The Morgan fingerprint density at radius 2 is 0.733 bits per heavy atom. The van der Waals surface area contributed by atoms with Crippen molar-refractivity contribution in [2.45, 2.75) is 264 Å². The Balaban J connectivity index is 0. The normalized spacial score (nSPS) is 12.0. The Bertz CT molecular complexity index is 1050. The summed E-state index contributed by atoms with van der Waals surface area (Å²) in [6.45, 7) is 15.8. The maximum absolute atomic E-state index is 10.9. The molecule has 0 radical (unpaired) electrons. The number of rotatable bonds is 38. The van der Waals surface area contributed by atoms with Crippen LogP contribution >= 0.6 is 0 Å². The number of halogens is 1. The second-order valence-corrected chi connectivity index (χ2v) is 23.2. The van der Waals surface area contributed by atoms with E-state index in [1.165, 1.54) is 209 Å². The van der Waals surface area contributed by atoms with Crippen molar-refractivity contribution in [3.63, 3.8) is 0 Å². The van der Waals surface area contributed by atoms with Crippen molar-refractivity contribution in [3.05, 3.63) is 67.6 Å². The van der Waals surface area contributed by atoms with Crippen molar-refractivity contribution in [3.8, 4) is 0 Å². The summed E-state index contributed by atoms with van der Waals surface area (Å²) in [5, 5.41) is 13.4. The molecule has 1 N–H and O–H groups in total. The Hall–Kier alpha value is -0.367. The Morgan fingerprint density at radius 3 is 1.00 bits per heavy atom. The zero-order valence-corrected chi connectivity index (χ0v) is 43.9. The van der Waals surface area contributed by atoms with Gasteiger partial charge in [0.05, 0.1) is 12.7 Å². The quantitative estimate of drug-likeness (QED) is 0.0414. The van der Waals surface area contributed by atoms with E-state index in [-0.39, 0.29) is 40.5 Å². The summed E-state index contributed by atoms with van der Waals surface area (Å²) < 4.78 is 6.90. The van der Waals surface area contributed by atoms with Crippen LogP contribution in [-0.4, -0.2) is 49.2 Å². The maximum atomic E-state index is 10.9. The second-order valence-electron chi connectivity index (χ2n) is 18.9. The third kappa shape index (κ3) is 31.5. The zero-order chi connectivity index (χ0) is 42.3. The first-order valence-electron chi connectivity index (χ1n) is 25.6. The van der Waals surface area contributed by atoms with E-state index in [0.29, 0.717) is 6.61 Å². The van der Waals surface area contributed by atoms with Gasteiger partial charge in [0.1, 0.15) is 0 Å². The molecule has 0 aromatic heterocycles. The predicted octanol–water partition coefficient (Wildman–Crippen LogP) is 13.7. The van der Waals surface area contributed by atoms with Crippen LogP contribution in [0.15, 0.2) is 60.7 Å². The molecule has 1 atom stereocenters. The summed E-state index contributed by atoms with van der Waals surface area (Å²) in [5.74, 6) is 0. The molecule has 2 nitrogen and oxygen atoms in total. The summed E-state index contributed by atoms with van der Waals surface area (Å²) >= 11 is 0. The van der Waals surface area contributed by atoms with Crippen molar-refractivity contribution < 1.29 is 21.9 Å². The zero-order valence-electron chi connectivity index (χ0n) is 40.7. The van der Waals surface area contributed by atoms with Crippen LogP contribution in [0.2, 0.25) is 5.04 Å². The average Bonchev–Trinajstić information content (AvgIpc) is 3.23. The van der Waals surface area contributed by atoms with E-state index in [1.807, 2.05) is 0 Å². The Labute approximate surface area is 399 Å². The molecule has 0 spiro atoms. The van der Waals surface area contributed by atoms with E-state index < -0.39 is 14.4 Å². The van der Waals surface area contributed by atoms with Gasteiger partial charge in [0.15, 0.2) is 0 Å². The fourth-order valence-electron chi connectivity index (χ4n) is 8.72. The first kappa shape index (κ1) is 61.7. The standard InChI is InChI=1S/C37H62O2Si.C18H37.ClH.Mg/c1-5-6-7-8-9-10-11-12-13-14-15-16-17-18-19-20-23-28-34(38)33-39-40(37(2,3)4,35-29-24-21-25-30-35)36-31-26-22-27-32-36;1-3-5-7-9-11-13-15-17-18-16-14-12-10-8-6-4-2;;/h21-22,24-27,29-32,34,38H,5-20,23,28,33H2,1-4H3;1,3-18H2,2H3;1H;/q;-1;;+2/p-1/t34-;;;/m1.../s1. The summed E-state index contributed by atoms with van der Waals surface area (Å²) in [6.07, 6.45) is 46.7. The van der Waals surface area contributed by atoms with Gasteiger partial charge in [-0.2, -0.15) is 6.42 Å². The molecular weight excluding hydrogens is 780 g/mol. The van der Waals surface area contributed by atoms with Gasteiger partial charge in [0.2, 0.25) is 0 Å². The van der Waals surface area contributed by atoms with Gasteiger partial charge in [-0.25, -0.2) is 0 Å². The second kappa shape index (κ2) is 43.9. The molecule has 2 rings (SSSR count). The summed E-state index contributed by atoms with van der Waals surface area (Å²) in [5.41, 5.74) is 0. The van der Waals surface area contributed by atoms with Crippen LogP contribution in [0.1, 0.15) is 253 Å². The van der Waals surface area contributed by atoms with E-state index in [2.05, 4.69) is 102 Å². The fourth-order valence-corrected chi connectivity index (χ4v) is 13.3. The minimum Gasteiger partial charge on any atom is -1.00 e.